The zero-order chi connectivity index (χ0) is 24.1. The topological polar surface area (TPSA) is 113 Å². The van der Waals surface area contributed by atoms with E-state index < -0.39 is 34.8 Å². The summed E-state index contributed by atoms with van der Waals surface area (Å²) in [7, 11) is 0. The number of para-hydroxylation sites is 3. The maximum atomic E-state index is 13.7. The molecule has 0 aliphatic carbocycles. The second-order valence-corrected chi connectivity index (χ2v) is 8.99. The van der Waals surface area contributed by atoms with Crippen LogP contribution in [0.25, 0.3) is 0 Å². The van der Waals surface area contributed by atoms with E-state index in [2.05, 4.69) is 15.9 Å². The van der Waals surface area contributed by atoms with Gasteiger partial charge in [-0.3, -0.25) is 24.5 Å². The van der Waals surface area contributed by atoms with Gasteiger partial charge in [0, 0.05) is 16.1 Å². The lowest BCUT2D eigenvalue weighted by molar-refractivity contribution is -0.384. The highest BCUT2D eigenvalue weighted by atomic mass is 79.9. The first-order valence-electron chi connectivity index (χ1n) is 10.4. The van der Waals surface area contributed by atoms with Gasteiger partial charge in [0.25, 0.3) is 11.6 Å². The normalized spacial score (nSPS) is 21.8. The van der Waals surface area contributed by atoms with Crippen LogP contribution in [0.3, 0.4) is 0 Å². The largest absolute Gasteiger partial charge is 0.508 e. The first-order chi connectivity index (χ1) is 16.3. The van der Waals surface area contributed by atoms with Crippen molar-refractivity contribution in [3.63, 3.8) is 0 Å². The SMILES string of the molecule is Cc1ccccc1N1OC2C(=O)N(c3ccccc3[N+](=O)[O-])C(=O)C2C1c1cc(Br)ccc1O. The Hall–Kier alpha value is -3.76. The minimum Gasteiger partial charge on any atom is -0.508 e. The number of imide groups is 1. The Morgan fingerprint density at radius 3 is 2.38 bits per heavy atom. The van der Waals surface area contributed by atoms with E-state index in [1.165, 1.54) is 35.4 Å². The zero-order valence-electron chi connectivity index (χ0n) is 17.8. The molecule has 0 spiro atoms. The summed E-state index contributed by atoms with van der Waals surface area (Å²) in [5, 5.41) is 23.7. The maximum Gasteiger partial charge on any atom is 0.293 e. The fraction of sp³-hybridized carbons (Fsp3) is 0.167. The number of nitrogens with zero attached hydrogens (tertiary/aromatic N) is 3. The van der Waals surface area contributed by atoms with Gasteiger partial charge in [-0.2, -0.15) is 0 Å². The molecular formula is C24H18BrN3O6. The Morgan fingerprint density at radius 2 is 1.68 bits per heavy atom. The molecule has 3 unspecified atom stereocenters. The molecule has 2 aliphatic heterocycles. The number of halogens is 1. The van der Waals surface area contributed by atoms with Gasteiger partial charge >= 0.3 is 0 Å². The number of hydrogen-bond donors (Lipinski definition) is 1. The number of aromatic hydroxyl groups is 1. The van der Waals surface area contributed by atoms with Crippen molar-refractivity contribution >= 4 is 44.8 Å². The van der Waals surface area contributed by atoms with Gasteiger partial charge in [-0.25, -0.2) is 9.96 Å². The van der Waals surface area contributed by atoms with Gasteiger partial charge in [0.15, 0.2) is 6.10 Å². The number of carbonyl (C=O) groups is 2. The number of amides is 2. The summed E-state index contributed by atoms with van der Waals surface area (Å²) in [5.74, 6) is -2.43. The molecule has 172 valence electrons. The van der Waals surface area contributed by atoms with Gasteiger partial charge < -0.3 is 5.11 Å². The molecule has 3 atom stereocenters. The van der Waals surface area contributed by atoms with Crippen LogP contribution < -0.4 is 9.96 Å². The number of phenols is 1. The smallest absolute Gasteiger partial charge is 0.293 e. The molecule has 2 amide bonds. The van der Waals surface area contributed by atoms with Crippen LogP contribution in [0, 0.1) is 23.0 Å². The number of anilines is 2. The summed E-state index contributed by atoms with van der Waals surface area (Å²) in [6.45, 7) is 1.87. The minimum absolute atomic E-state index is 0.0691. The molecule has 9 nitrogen and oxygen atoms in total. The second-order valence-electron chi connectivity index (χ2n) is 8.07. The zero-order valence-corrected chi connectivity index (χ0v) is 19.4. The fourth-order valence-corrected chi connectivity index (χ4v) is 4.94. The van der Waals surface area contributed by atoms with Gasteiger partial charge in [0.2, 0.25) is 5.91 Å². The summed E-state index contributed by atoms with van der Waals surface area (Å²) in [5.41, 5.74) is 1.40. The Balaban J connectivity index is 1.66. The lowest BCUT2D eigenvalue weighted by atomic mass is 9.90. The highest BCUT2D eigenvalue weighted by molar-refractivity contribution is 9.10. The number of rotatable bonds is 4. The minimum atomic E-state index is -1.21. The Labute approximate surface area is 202 Å². The van der Waals surface area contributed by atoms with E-state index >= 15 is 0 Å². The standard InChI is InChI=1S/C24H18BrN3O6/c1-13-6-2-3-7-16(13)27-21(15-12-14(25)10-11-19(15)29)20-22(34-27)24(31)26(23(20)30)17-8-4-5-9-18(17)28(32)33/h2-12,20-22,29H,1H3. The van der Waals surface area contributed by atoms with Crippen LogP contribution in [0.15, 0.2) is 71.2 Å². The van der Waals surface area contributed by atoms with E-state index in [0.717, 1.165) is 10.5 Å². The van der Waals surface area contributed by atoms with Gasteiger partial charge in [0.1, 0.15) is 17.4 Å². The number of hydroxylamine groups is 1. The summed E-state index contributed by atoms with van der Waals surface area (Å²) in [6.07, 6.45) is -1.21. The first-order valence-corrected chi connectivity index (χ1v) is 11.2. The molecule has 10 heteroatoms. The molecule has 2 fully saturated rings. The van der Waals surface area contributed by atoms with Crippen molar-refractivity contribution in [1.29, 1.82) is 0 Å². The monoisotopic (exact) mass is 523 g/mol. The van der Waals surface area contributed by atoms with Crippen molar-refractivity contribution in [3.8, 4) is 5.75 Å². The third-order valence-corrected chi connectivity index (χ3v) is 6.59. The molecule has 0 bridgehead atoms. The molecule has 3 aromatic carbocycles. The van der Waals surface area contributed by atoms with Crippen LogP contribution in [0.1, 0.15) is 17.2 Å². The number of phenolic OH excluding ortho intramolecular Hbond substituents is 1. The lowest BCUT2D eigenvalue weighted by Crippen LogP contribution is -2.37. The molecule has 2 saturated heterocycles. The van der Waals surface area contributed by atoms with E-state index in [1.807, 2.05) is 19.1 Å². The van der Waals surface area contributed by atoms with Gasteiger partial charge in [-0.05, 0) is 42.8 Å². The van der Waals surface area contributed by atoms with Crippen LogP contribution in [0.4, 0.5) is 17.1 Å². The molecule has 0 saturated carbocycles. The van der Waals surface area contributed by atoms with Crippen LogP contribution in [-0.4, -0.2) is 27.9 Å². The molecule has 5 rings (SSSR count). The Kier molecular flexibility index (Phi) is 5.34. The number of nitro groups is 1. The fourth-order valence-electron chi connectivity index (χ4n) is 4.56. The molecule has 2 heterocycles. The number of benzene rings is 3. The average molecular weight is 524 g/mol. The number of fused-ring (bicyclic) bond motifs is 1. The number of nitro benzene ring substituents is 1. The van der Waals surface area contributed by atoms with Crippen molar-refractivity contribution in [3.05, 3.63) is 92.4 Å². The number of aryl methyl sites for hydroxylation is 1. The highest BCUT2D eigenvalue weighted by Crippen LogP contribution is 2.50. The van der Waals surface area contributed by atoms with Gasteiger partial charge in [0.05, 0.1) is 16.7 Å². The summed E-state index contributed by atoms with van der Waals surface area (Å²) in [4.78, 5) is 44.9. The molecule has 2 aliphatic rings. The van der Waals surface area contributed by atoms with Crippen molar-refractivity contribution in [2.24, 2.45) is 5.92 Å². The van der Waals surface area contributed by atoms with Crippen LogP contribution >= 0.6 is 15.9 Å². The predicted molar refractivity (Wildman–Crippen MR) is 126 cm³/mol. The number of carbonyl (C=O) groups excluding carboxylic acids is 2. The quantitative estimate of drug-likeness (QED) is 0.305. The Bertz CT molecular complexity index is 1350. The first kappa shape index (κ1) is 22.1. The van der Waals surface area contributed by atoms with Crippen LogP contribution in [0.2, 0.25) is 0 Å². The second kappa shape index (κ2) is 8.23. The van der Waals surface area contributed by atoms with Gasteiger partial charge in [-0.15, -0.1) is 0 Å². The van der Waals surface area contributed by atoms with E-state index in [0.29, 0.717) is 15.7 Å². The third-order valence-electron chi connectivity index (χ3n) is 6.10. The maximum absolute atomic E-state index is 13.7. The molecule has 0 radical (unpaired) electrons. The molecule has 3 aromatic rings. The van der Waals surface area contributed by atoms with E-state index in [-0.39, 0.29) is 17.1 Å². The van der Waals surface area contributed by atoms with E-state index in [1.54, 1.807) is 24.3 Å². The predicted octanol–water partition coefficient (Wildman–Crippen LogP) is 4.42. The van der Waals surface area contributed by atoms with Crippen molar-refractivity contribution < 1.29 is 24.5 Å². The average Bonchev–Trinajstić information content (AvgIpc) is 3.31. The summed E-state index contributed by atoms with van der Waals surface area (Å²) < 4.78 is 0.667. The summed E-state index contributed by atoms with van der Waals surface area (Å²) >= 11 is 3.40. The number of hydrogen-bond acceptors (Lipinski definition) is 7. The highest BCUT2D eigenvalue weighted by Gasteiger charge is 2.61. The van der Waals surface area contributed by atoms with E-state index in [4.69, 9.17) is 4.84 Å². The van der Waals surface area contributed by atoms with Crippen molar-refractivity contribution in [2.45, 2.75) is 19.1 Å². The molecule has 0 aromatic heterocycles. The molecule has 34 heavy (non-hydrogen) atoms. The molecule has 1 N–H and O–H groups in total. The molecular weight excluding hydrogens is 506 g/mol. The summed E-state index contributed by atoms with van der Waals surface area (Å²) in [6, 6.07) is 16.9. The van der Waals surface area contributed by atoms with Crippen molar-refractivity contribution in [1.82, 2.24) is 0 Å². The van der Waals surface area contributed by atoms with Crippen LogP contribution in [0.5, 0.6) is 5.75 Å². The Morgan fingerprint density at radius 1 is 1.00 bits per heavy atom. The third kappa shape index (κ3) is 3.34. The van der Waals surface area contributed by atoms with E-state index in [9.17, 15) is 24.8 Å². The lowest BCUT2D eigenvalue weighted by Gasteiger charge is -2.30. The van der Waals surface area contributed by atoms with Crippen molar-refractivity contribution in [2.75, 3.05) is 9.96 Å². The van der Waals surface area contributed by atoms with Crippen LogP contribution in [-0.2, 0) is 14.4 Å². The van der Waals surface area contributed by atoms with Gasteiger partial charge in [-0.1, -0.05) is 46.3 Å².